The zero-order chi connectivity index (χ0) is 20.1. The van der Waals surface area contributed by atoms with Gasteiger partial charge in [-0.05, 0) is 56.3 Å². The zero-order valence-electron chi connectivity index (χ0n) is 16.4. The van der Waals surface area contributed by atoms with Crippen molar-refractivity contribution in [3.63, 3.8) is 0 Å². The summed E-state index contributed by atoms with van der Waals surface area (Å²) in [5.41, 5.74) is 1.66. The molecule has 0 saturated carbocycles. The third-order valence-electron chi connectivity index (χ3n) is 5.47. The summed E-state index contributed by atoms with van der Waals surface area (Å²) in [5.74, 6) is 0.879. The summed E-state index contributed by atoms with van der Waals surface area (Å²) in [5, 5.41) is 6.57. The maximum atomic E-state index is 12.7. The van der Waals surface area contributed by atoms with Crippen LogP contribution in [0.4, 0.5) is 16.2 Å². The van der Waals surface area contributed by atoms with Crippen LogP contribution < -0.4 is 15.5 Å². The van der Waals surface area contributed by atoms with E-state index in [1.54, 1.807) is 12.3 Å². The molecule has 8 heteroatoms. The largest absolute Gasteiger partial charge is 0.468 e. The molecule has 2 amide bonds. The number of carbonyl (C=O) groups excluding carboxylic acids is 1. The van der Waals surface area contributed by atoms with Crippen LogP contribution in [0.2, 0.25) is 5.02 Å². The predicted molar refractivity (Wildman–Crippen MR) is 114 cm³/mol. The van der Waals surface area contributed by atoms with Gasteiger partial charge in [0.1, 0.15) is 5.76 Å². The molecule has 2 aliphatic heterocycles. The van der Waals surface area contributed by atoms with Gasteiger partial charge in [-0.25, -0.2) is 4.79 Å². The Balaban J connectivity index is 1.42. The van der Waals surface area contributed by atoms with Crippen molar-refractivity contribution in [1.29, 1.82) is 0 Å². The fraction of sp³-hybridized carbons (Fsp3) is 0.476. The Morgan fingerprint density at radius 3 is 2.66 bits per heavy atom. The highest BCUT2D eigenvalue weighted by Crippen LogP contribution is 2.30. The van der Waals surface area contributed by atoms with Crippen molar-refractivity contribution in [3.05, 3.63) is 47.4 Å². The molecule has 0 spiro atoms. The second-order valence-corrected chi connectivity index (χ2v) is 7.81. The summed E-state index contributed by atoms with van der Waals surface area (Å²) in [4.78, 5) is 17.2. The Kier molecular flexibility index (Phi) is 6.59. The molecule has 2 aromatic rings. The maximum Gasteiger partial charge on any atom is 0.319 e. The summed E-state index contributed by atoms with van der Waals surface area (Å²) in [6, 6.07) is 9.22. The predicted octanol–water partition coefficient (Wildman–Crippen LogP) is 3.73. The number of nitrogens with zero attached hydrogens (tertiary/aromatic N) is 2. The third kappa shape index (κ3) is 5.04. The molecule has 0 bridgehead atoms. The van der Waals surface area contributed by atoms with Crippen LogP contribution in [0.25, 0.3) is 0 Å². The molecule has 29 heavy (non-hydrogen) atoms. The van der Waals surface area contributed by atoms with Crippen LogP contribution in [0.1, 0.15) is 24.6 Å². The Morgan fingerprint density at radius 2 is 1.93 bits per heavy atom. The van der Waals surface area contributed by atoms with E-state index in [1.165, 1.54) is 12.8 Å². The van der Waals surface area contributed by atoms with E-state index in [2.05, 4.69) is 20.4 Å². The van der Waals surface area contributed by atoms with Crippen LogP contribution in [0.5, 0.6) is 0 Å². The molecule has 2 saturated heterocycles. The number of anilines is 2. The number of likely N-dealkylation sites (tertiary alicyclic amines) is 1. The van der Waals surface area contributed by atoms with Gasteiger partial charge in [0.25, 0.3) is 0 Å². The Hall–Kier alpha value is -2.22. The van der Waals surface area contributed by atoms with Gasteiger partial charge in [0.15, 0.2) is 0 Å². The zero-order valence-corrected chi connectivity index (χ0v) is 17.2. The first-order chi connectivity index (χ1) is 14.2. The van der Waals surface area contributed by atoms with Crippen molar-refractivity contribution in [2.45, 2.75) is 18.9 Å². The number of urea groups is 1. The first kappa shape index (κ1) is 20.1. The van der Waals surface area contributed by atoms with Crippen molar-refractivity contribution in [2.24, 2.45) is 0 Å². The lowest BCUT2D eigenvalue weighted by molar-refractivity contribution is 0.123. The van der Waals surface area contributed by atoms with Gasteiger partial charge in [-0.1, -0.05) is 11.6 Å². The standard InChI is InChI=1S/C21H27ClN4O3/c22-16-5-6-18(26-9-12-28-13-10-26)17(14-16)24-21(27)23-15-19(20-4-3-11-29-20)25-7-1-2-8-25/h3-6,11,14,19H,1-2,7-10,12-13,15H2,(H2,23,24,27)/t19-/m0/s1. The minimum absolute atomic E-state index is 0.0383. The number of ether oxygens (including phenoxy) is 1. The van der Waals surface area contributed by atoms with E-state index in [0.717, 1.165) is 37.6 Å². The molecular formula is C21H27ClN4O3. The quantitative estimate of drug-likeness (QED) is 0.748. The van der Waals surface area contributed by atoms with Crippen LogP contribution in [0.15, 0.2) is 41.0 Å². The first-order valence-corrected chi connectivity index (χ1v) is 10.5. The van der Waals surface area contributed by atoms with Crippen LogP contribution in [-0.4, -0.2) is 56.9 Å². The summed E-state index contributed by atoms with van der Waals surface area (Å²) >= 11 is 6.19. The molecule has 2 N–H and O–H groups in total. The normalized spacial score (nSPS) is 18.6. The van der Waals surface area contributed by atoms with Gasteiger partial charge in [0.2, 0.25) is 0 Å². The molecule has 2 aliphatic rings. The lowest BCUT2D eigenvalue weighted by atomic mass is 10.2. The van der Waals surface area contributed by atoms with Crippen LogP contribution in [-0.2, 0) is 4.74 Å². The molecule has 1 atom stereocenters. The minimum atomic E-state index is -0.252. The summed E-state index contributed by atoms with van der Waals surface area (Å²) in [7, 11) is 0. The number of furan rings is 1. The first-order valence-electron chi connectivity index (χ1n) is 10.2. The lowest BCUT2D eigenvalue weighted by Gasteiger charge is -2.31. The number of carbonyl (C=O) groups is 1. The van der Waals surface area contributed by atoms with Gasteiger partial charge in [-0.3, -0.25) is 4.90 Å². The minimum Gasteiger partial charge on any atom is -0.468 e. The Morgan fingerprint density at radius 1 is 1.14 bits per heavy atom. The molecule has 0 unspecified atom stereocenters. The van der Waals surface area contributed by atoms with Crippen LogP contribution in [0, 0.1) is 0 Å². The molecule has 1 aromatic heterocycles. The van der Waals surface area contributed by atoms with Crippen molar-refractivity contribution in [3.8, 4) is 0 Å². The number of halogens is 1. The average Bonchev–Trinajstić information content (AvgIpc) is 3.44. The van der Waals surface area contributed by atoms with E-state index in [9.17, 15) is 4.79 Å². The number of hydrogen-bond donors (Lipinski definition) is 2. The molecule has 4 rings (SSSR count). The highest BCUT2D eigenvalue weighted by atomic mass is 35.5. The maximum absolute atomic E-state index is 12.7. The lowest BCUT2D eigenvalue weighted by Crippen LogP contribution is -2.39. The second kappa shape index (κ2) is 9.52. The SMILES string of the molecule is O=C(NC[C@@H](c1ccco1)N1CCCC1)Nc1cc(Cl)ccc1N1CCOCC1. The summed E-state index contributed by atoms with van der Waals surface area (Å²) in [6.07, 6.45) is 4.03. The molecule has 2 fully saturated rings. The molecule has 7 nitrogen and oxygen atoms in total. The van der Waals surface area contributed by atoms with Crippen LogP contribution in [0.3, 0.4) is 0 Å². The van der Waals surface area contributed by atoms with Crippen molar-refractivity contribution in [1.82, 2.24) is 10.2 Å². The highest BCUT2D eigenvalue weighted by Gasteiger charge is 2.26. The van der Waals surface area contributed by atoms with Gasteiger partial charge in [0, 0.05) is 24.7 Å². The number of rotatable bonds is 6. The average molecular weight is 419 g/mol. The summed E-state index contributed by atoms with van der Waals surface area (Å²) < 4.78 is 11.1. The third-order valence-corrected chi connectivity index (χ3v) is 5.70. The van der Waals surface area contributed by atoms with E-state index in [4.69, 9.17) is 20.8 Å². The number of hydrogen-bond acceptors (Lipinski definition) is 5. The second-order valence-electron chi connectivity index (χ2n) is 7.37. The number of nitrogens with one attached hydrogen (secondary N) is 2. The Labute approximate surface area is 175 Å². The van der Waals surface area contributed by atoms with E-state index in [-0.39, 0.29) is 12.1 Å². The fourth-order valence-corrected chi connectivity index (χ4v) is 4.16. The molecule has 0 radical (unpaired) electrons. The van der Waals surface area contributed by atoms with Crippen molar-refractivity contribution < 1.29 is 13.9 Å². The number of morpholine rings is 1. The smallest absolute Gasteiger partial charge is 0.319 e. The van der Waals surface area contributed by atoms with Crippen molar-refractivity contribution >= 4 is 29.0 Å². The molecule has 0 aliphatic carbocycles. The van der Waals surface area contributed by atoms with Crippen molar-refractivity contribution in [2.75, 3.05) is 56.2 Å². The fourth-order valence-electron chi connectivity index (χ4n) is 3.99. The number of benzene rings is 1. The van der Waals surface area contributed by atoms with Gasteiger partial charge in [0.05, 0.1) is 36.9 Å². The van der Waals surface area contributed by atoms with E-state index in [0.29, 0.717) is 30.5 Å². The monoisotopic (exact) mass is 418 g/mol. The van der Waals surface area contributed by atoms with E-state index in [1.807, 2.05) is 24.3 Å². The van der Waals surface area contributed by atoms with Crippen LogP contribution >= 0.6 is 11.6 Å². The van der Waals surface area contributed by atoms with E-state index < -0.39 is 0 Å². The van der Waals surface area contributed by atoms with Gasteiger partial charge >= 0.3 is 6.03 Å². The topological polar surface area (TPSA) is 70.0 Å². The summed E-state index contributed by atoms with van der Waals surface area (Å²) in [6.45, 7) is 5.44. The molecular weight excluding hydrogens is 392 g/mol. The van der Waals surface area contributed by atoms with Gasteiger partial charge in [-0.2, -0.15) is 0 Å². The Bertz CT molecular complexity index is 802. The van der Waals surface area contributed by atoms with Gasteiger partial charge < -0.3 is 24.7 Å². The number of amides is 2. The van der Waals surface area contributed by atoms with E-state index >= 15 is 0 Å². The molecule has 156 valence electrons. The molecule has 3 heterocycles. The molecule has 1 aromatic carbocycles. The highest BCUT2D eigenvalue weighted by molar-refractivity contribution is 6.31. The van der Waals surface area contributed by atoms with Gasteiger partial charge in [-0.15, -0.1) is 0 Å².